The number of β-amino-alcohol motifs (C(OH)–C–C–N with tert-alkyl or cyclic N) is 1. The third-order valence-electron chi connectivity index (χ3n) is 4.42. The summed E-state index contributed by atoms with van der Waals surface area (Å²) >= 11 is 0. The van der Waals surface area contributed by atoms with E-state index < -0.39 is 23.9 Å². The molecule has 1 saturated heterocycles. The second-order valence-corrected chi connectivity index (χ2v) is 5.61. The molecule has 0 saturated carbocycles. The number of piperidine rings is 1. The molecule has 0 radical (unpaired) electrons. The first-order valence-electron chi connectivity index (χ1n) is 7.43. The van der Waals surface area contributed by atoms with Gasteiger partial charge in [-0.15, -0.1) is 0 Å². The van der Waals surface area contributed by atoms with E-state index in [1.165, 1.54) is 0 Å². The predicted molar refractivity (Wildman–Crippen MR) is 73.8 cm³/mol. The molecular formula is C14H29NO4. The molecule has 0 aliphatic carbocycles. The smallest absolute Gasteiger partial charge is 0.109 e. The van der Waals surface area contributed by atoms with Crippen molar-refractivity contribution in [2.75, 3.05) is 19.7 Å². The maximum absolute atomic E-state index is 10.3. The topological polar surface area (TPSA) is 84.2 Å². The van der Waals surface area contributed by atoms with Crippen molar-refractivity contribution < 1.29 is 20.4 Å². The van der Waals surface area contributed by atoms with Crippen molar-refractivity contribution in [2.24, 2.45) is 0 Å². The molecule has 5 nitrogen and oxygen atoms in total. The van der Waals surface area contributed by atoms with Crippen LogP contribution >= 0.6 is 0 Å². The number of hydrogen-bond donors (Lipinski definition) is 4. The quantitative estimate of drug-likeness (QED) is 0.496. The van der Waals surface area contributed by atoms with Crippen LogP contribution in [0.2, 0.25) is 0 Å². The monoisotopic (exact) mass is 275 g/mol. The fourth-order valence-corrected chi connectivity index (χ4v) is 3.11. The van der Waals surface area contributed by atoms with Crippen LogP contribution in [0.15, 0.2) is 0 Å². The summed E-state index contributed by atoms with van der Waals surface area (Å²) < 4.78 is 0. The van der Waals surface area contributed by atoms with Gasteiger partial charge in [0, 0.05) is 6.54 Å². The molecule has 0 aromatic carbocycles. The van der Waals surface area contributed by atoms with Crippen LogP contribution in [0.25, 0.3) is 0 Å². The molecule has 4 atom stereocenters. The minimum Gasteiger partial charge on any atom is -0.394 e. The number of unbranched alkanes of at least 4 members (excludes halogenated alkanes) is 3. The fourth-order valence-electron chi connectivity index (χ4n) is 3.11. The third kappa shape index (κ3) is 3.47. The highest BCUT2D eigenvalue weighted by Crippen LogP contribution is 2.33. The van der Waals surface area contributed by atoms with E-state index in [1.54, 1.807) is 0 Å². The van der Waals surface area contributed by atoms with Gasteiger partial charge < -0.3 is 20.4 Å². The third-order valence-corrected chi connectivity index (χ3v) is 4.42. The van der Waals surface area contributed by atoms with Crippen LogP contribution in [0.4, 0.5) is 0 Å². The van der Waals surface area contributed by atoms with Gasteiger partial charge in [-0.2, -0.15) is 0 Å². The Hall–Kier alpha value is -0.200. The van der Waals surface area contributed by atoms with Gasteiger partial charge in [-0.1, -0.05) is 39.5 Å². The Bertz CT molecular complexity index is 260. The highest BCUT2D eigenvalue weighted by Gasteiger charge is 2.51. The normalized spacial score (nSPS) is 36.6. The van der Waals surface area contributed by atoms with E-state index in [-0.39, 0.29) is 6.61 Å². The first kappa shape index (κ1) is 16.9. The molecule has 0 amide bonds. The zero-order valence-electron chi connectivity index (χ0n) is 12.1. The molecule has 0 spiro atoms. The molecule has 4 N–H and O–H groups in total. The first-order chi connectivity index (χ1) is 9.03. The van der Waals surface area contributed by atoms with E-state index in [0.29, 0.717) is 19.5 Å². The lowest BCUT2D eigenvalue weighted by Gasteiger charge is -2.52. The Morgan fingerprint density at radius 1 is 1.11 bits per heavy atom. The second-order valence-electron chi connectivity index (χ2n) is 5.61. The lowest BCUT2D eigenvalue weighted by molar-refractivity contribution is -0.189. The molecular weight excluding hydrogens is 246 g/mol. The number of rotatable bonds is 7. The van der Waals surface area contributed by atoms with Crippen molar-refractivity contribution in [3.05, 3.63) is 0 Å². The number of hydrogen-bond acceptors (Lipinski definition) is 5. The molecule has 114 valence electrons. The van der Waals surface area contributed by atoms with Crippen molar-refractivity contribution in [2.45, 2.75) is 69.8 Å². The van der Waals surface area contributed by atoms with Gasteiger partial charge in [0.25, 0.3) is 0 Å². The van der Waals surface area contributed by atoms with Crippen LogP contribution in [0.1, 0.15) is 46.0 Å². The van der Waals surface area contributed by atoms with E-state index in [0.717, 1.165) is 25.7 Å². The molecule has 1 heterocycles. The van der Waals surface area contributed by atoms with Gasteiger partial charge >= 0.3 is 0 Å². The molecule has 1 aliphatic heterocycles. The van der Waals surface area contributed by atoms with Crippen molar-refractivity contribution >= 4 is 0 Å². The molecule has 1 rings (SSSR count). The molecule has 1 fully saturated rings. The van der Waals surface area contributed by atoms with Gasteiger partial charge in [0.1, 0.15) is 12.2 Å². The standard InChI is InChI=1S/C14H29NO4/c1-3-5-6-7-8-14(10-16)13(19)12(18)11(17)9-15(14)4-2/h11-13,16-19H,3-10H2,1-2H3/t11-,12+,13-,14-/m0/s1. The van der Waals surface area contributed by atoms with Gasteiger partial charge in [0.05, 0.1) is 18.2 Å². The number of likely N-dealkylation sites (tertiary alicyclic amines) is 1. The summed E-state index contributed by atoms with van der Waals surface area (Å²) in [4.78, 5) is 1.90. The maximum Gasteiger partial charge on any atom is 0.109 e. The summed E-state index contributed by atoms with van der Waals surface area (Å²) in [5.74, 6) is 0. The van der Waals surface area contributed by atoms with Crippen LogP contribution < -0.4 is 0 Å². The van der Waals surface area contributed by atoms with Crippen LogP contribution in [-0.2, 0) is 0 Å². The number of nitrogens with zero attached hydrogens (tertiary/aromatic N) is 1. The molecule has 1 aliphatic rings. The summed E-state index contributed by atoms with van der Waals surface area (Å²) in [6, 6.07) is 0. The summed E-state index contributed by atoms with van der Waals surface area (Å²) in [6.07, 6.45) is 1.63. The van der Waals surface area contributed by atoms with Gasteiger partial charge in [-0.25, -0.2) is 0 Å². The molecule has 0 aromatic rings. The Morgan fingerprint density at radius 2 is 1.79 bits per heavy atom. The number of aliphatic hydroxyl groups is 4. The largest absolute Gasteiger partial charge is 0.394 e. The van der Waals surface area contributed by atoms with Crippen molar-refractivity contribution in [3.8, 4) is 0 Å². The molecule has 0 bridgehead atoms. The maximum atomic E-state index is 10.3. The SMILES string of the molecule is CCCCCC[C@]1(CO)[C@@H](O)[C@H](O)[C@@H](O)CN1CC. The van der Waals surface area contributed by atoms with E-state index in [4.69, 9.17) is 0 Å². The number of aliphatic hydroxyl groups excluding tert-OH is 4. The average molecular weight is 275 g/mol. The summed E-state index contributed by atoms with van der Waals surface area (Å²) in [5, 5.41) is 39.7. The Balaban J connectivity index is 2.78. The van der Waals surface area contributed by atoms with Crippen LogP contribution in [0.5, 0.6) is 0 Å². The highest BCUT2D eigenvalue weighted by molar-refractivity contribution is 5.05. The van der Waals surface area contributed by atoms with Crippen molar-refractivity contribution in [1.82, 2.24) is 4.90 Å². The van der Waals surface area contributed by atoms with Gasteiger partial charge in [-0.05, 0) is 13.0 Å². The number of likely N-dealkylation sites (N-methyl/N-ethyl adjacent to an activating group) is 1. The van der Waals surface area contributed by atoms with Crippen LogP contribution in [0, 0.1) is 0 Å². The zero-order valence-corrected chi connectivity index (χ0v) is 12.1. The second kappa shape index (κ2) is 7.55. The van der Waals surface area contributed by atoms with Gasteiger partial charge in [0.15, 0.2) is 0 Å². The van der Waals surface area contributed by atoms with E-state index in [2.05, 4.69) is 6.92 Å². The van der Waals surface area contributed by atoms with Crippen molar-refractivity contribution in [3.63, 3.8) is 0 Å². The minimum absolute atomic E-state index is 0.197. The first-order valence-corrected chi connectivity index (χ1v) is 7.43. The lowest BCUT2D eigenvalue weighted by atomic mass is 9.77. The van der Waals surface area contributed by atoms with E-state index in [1.807, 2.05) is 11.8 Å². The zero-order chi connectivity index (χ0) is 14.5. The van der Waals surface area contributed by atoms with Crippen molar-refractivity contribution in [1.29, 1.82) is 0 Å². The predicted octanol–water partition coefficient (Wildman–Crippen LogP) is 0.106. The average Bonchev–Trinajstić information content (AvgIpc) is 2.43. The minimum atomic E-state index is -1.18. The van der Waals surface area contributed by atoms with Gasteiger partial charge in [-0.3, -0.25) is 4.90 Å². The molecule has 19 heavy (non-hydrogen) atoms. The molecule has 5 heteroatoms. The highest BCUT2D eigenvalue weighted by atomic mass is 16.4. The van der Waals surface area contributed by atoms with Gasteiger partial charge in [0.2, 0.25) is 0 Å². The fraction of sp³-hybridized carbons (Fsp3) is 1.00. The molecule has 0 unspecified atom stereocenters. The van der Waals surface area contributed by atoms with Crippen LogP contribution in [0.3, 0.4) is 0 Å². The Morgan fingerprint density at radius 3 is 2.32 bits per heavy atom. The van der Waals surface area contributed by atoms with Crippen LogP contribution in [-0.4, -0.2) is 68.9 Å². The van der Waals surface area contributed by atoms with E-state index in [9.17, 15) is 20.4 Å². The summed E-state index contributed by atoms with van der Waals surface area (Å²) in [6.45, 7) is 4.81. The molecule has 0 aromatic heterocycles. The Labute approximate surface area is 115 Å². The van der Waals surface area contributed by atoms with E-state index >= 15 is 0 Å². The summed E-state index contributed by atoms with van der Waals surface area (Å²) in [7, 11) is 0. The Kier molecular flexibility index (Phi) is 6.69. The summed E-state index contributed by atoms with van der Waals surface area (Å²) in [5.41, 5.74) is -0.818. The lowest BCUT2D eigenvalue weighted by Crippen LogP contribution is -2.70.